The summed E-state index contributed by atoms with van der Waals surface area (Å²) >= 11 is 0. The minimum Gasteiger partial charge on any atom is -0.394 e. The monoisotopic (exact) mass is 344 g/mol. The van der Waals surface area contributed by atoms with E-state index in [2.05, 4.69) is 0 Å². The molecule has 0 unspecified atom stereocenters. The maximum absolute atomic E-state index is 9.83. The largest absolute Gasteiger partial charge is 0.394 e. The van der Waals surface area contributed by atoms with Gasteiger partial charge >= 0.3 is 0 Å². The molecule has 0 spiro atoms. The van der Waals surface area contributed by atoms with Gasteiger partial charge in [0.15, 0.2) is 6.29 Å². The van der Waals surface area contributed by atoms with Gasteiger partial charge in [-0.05, 0) is 0 Å². The van der Waals surface area contributed by atoms with Gasteiger partial charge in [0, 0.05) is 0 Å². The summed E-state index contributed by atoms with van der Waals surface area (Å²) in [4.78, 5) is 0. The van der Waals surface area contributed by atoms with Crippen LogP contribution < -0.4 is 0 Å². The predicted molar refractivity (Wildman–Crippen MR) is 70.8 cm³/mol. The van der Waals surface area contributed by atoms with Crippen molar-refractivity contribution in [1.82, 2.24) is 0 Å². The molecule has 138 valence electrons. The number of hydrogen-bond donors (Lipinski definition) is 9. The van der Waals surface area contributed by atoms with E-state index >= 15 is 0 Å². The van der Waals surface area contributed by atoms with E-state index < -0.39 is 74.9 Å². The third-order valence-corrected chi connectivity index (χ3v) is 3.62. The maximum atomic E-state index is 9.83. The second-order valence-corrected chi connectivity index (χ2v) is 5.29. The van der Waals surface area contributed by atoms with E-state index in [4.69, 9.17) is 24.8 Å². The Labute approximate surface area is 131 Å². The van der Waals surface area contributed by atoms with Gasteiger partial charge in [0.2, 0.25) is 0 Å². The number of hydrogen-bond acceptors (Lipinski definition) is 11. The molecule has 23 heavy (non-hydrogen) atoms. The topological polar surface area (TPSA) is 201 Å². The first kappa shape index (κ1) is 20.6. The van der Waals surface area contributed by atoms with E-state index in [0.717, 1.165) is 0 Å². The standard InChI is InChI=1S/C12H24O11/c13-1-4(16)7(18)11(5(17)2-14)23-12-10(21)9(20)8(19)6(3-15)22-12/h4-21H,1-3H2/t4-,5+,6+,7+,8+,9-,10+,11+,12+/m1/s1. The normalized spacial score (nSPS) is 37.2. The van der Waals surface area contributed by atoms with Gasteiger partial charge in [-0.25, -0.2) is 0 Å². The SMILES string of the molecule is OC[C@@H](O)[C@H](O)[C@@H](O[C@@H]1O[C@@H](CO)[C@H](O)[C@@H](O)[C@@H]1O)[C@@H](O)CO. The molecule has 1 fully saturated rings. The molecule has 1 heterocycles. The van der Waals surface area contributed by atoms with Crippen LogP contribution in [0.25, 0.3) is 0 Å². The van der Waals surface area contributed by atoms with Crippen LogP contribution >= 0.6 is 0 Å². The predicted octanol–water partition coefficient (Wildman–Crippen LogP) is -5.76. The van der Waals surface area contributed by atoms with Crippen LogP contribution in [-0.2, 0) is 9.47 Å². The fourth-order valence-electron chi connectivity index (χ4n) is 2.16. The fourth-order valence-corrected chi connectivity index (χ4v) is 2.16. The van der Waals surface area contributed by atoms with Crippen molar-refractivity contribution in [2.24, 2.45) is 0 Å². The molecule has 0 aromatic rings. The average Bonchev–Trinajstić information content (AvgIpc) is 2.57. The van der Waals surface area contributed by atoms with Gasteiger partial charge in [-0.3, -0.25) is 0 Å². The Bertz CT molecular complexity index is 341. The molecule has 0 bridgehead atoms. The first-order chi connectivity index (χ1) is 10.8. The lowest BCUT2D eigenvalue weighted by Gasteiger charge is -2.42. The van der Waals surface area contributed by atoms with E-state index in [1.54, 1.807) is 0 Å². The zero-order chi connectivity index (χ0) is 17.7. The third kappa shape index (κ3) is 4.78. The van der Waals surface area contributed by atoms with Gasteiger partial charge in [0.05, 0.1) is 19.8 Å². The van der Waals surface area contributed by atoms with Crippen LogP contribution in [0, 0.1) is 0 Å². The first-order valence-electron chi connectivity index (χ1n) is 7.00. The molecule has 0 aromatic carbocycles. The van der Waals surface area contributed by atoms with Crippen molar-refractivity contribution in [3.63, 3.8) is 0 Å². The lowest BCUT2D eigenvalue weighted by Crippen LogP contribution is -2.61. The van der Waals surface area contributed by atoms with E-state index in [1.165, 1.54) is 0 Å². The Morgan fingerprint density at radius 3 is 1.87 bits per heavy atom. The van der Waals surface area contributed by atoms with Crippen molar-refractivity contribution in [3.8, 4) is 0 Å². The molecule has 1 rings (SSSR count). The van der Waals surface area contributed by atoms with Crippen molar-refractivity contribution in [1.29, 1.82) is 0 Å². The summed E-state index contributed by atoms with van der Waals surface area (Å²) in [6.45, 7) is -2.45. The van der Waals surface area contributed by atoms with Crippen molar-refractivity contribution >= 4 is 0 Å². The molecule has 0 saturated carbocycles. The summed E-state index contributed by atoms with van der Waals surface area (Å²) in [6.07, 6.45) is -15.1. The number of aliphatic hydroxyl groups excluding tert-OH is 9. The number of ether oxygens (including phenoxy) is 2. The summed E-state index contributed by atoms with van der Waals surface area (Å²) in [5.41, 5.74) is 0. The second-order valence-electron chi connectivity index (χ2n) is 5.29. The lowest BCUT2D eigenvalue weighted by molar-refractivity contribution is -0.327. The Morgan fingerprint density at radius 1 is 0.826 bits per heavy atom. The van der Waals surface area contributed by atoms with Gasteiger partial charge in [-0.15, -0.1) is 0 Å². The van der Waals surface area contributed by atoms with Crippen LogP contribution in [-0.4, -0.2) is 121 Å². The minimum atomic E-state index is -1.85. The average molecular weight is 344 g/mol. The van der Waals surface area contributed by atoms with Gasteiger partial charge in [-0.2, -0.15) is 0 Å². The van der Waals surface area contributed by atoms with Crippen molar-refractivity contribution in [3.05, 3.63) is 0 Å². The Balaban J connectivity index is 2.89. The molecule has 0 radical (unpaired) electrons. The zero-order valence-electron chi connectivity index (χ0n) is 12.2. The van der Waals surface area contributed by atoms with E-state index in [-0.39, 0.29) is 0 Å². The van der Waals surface area contributed by atoms with Crippen LogP contribution in [0.15, 0.2) is 0 Å². The maximum Gasteiger partial charge on any atom is 0.187 e. The van der Waals surface area contributed by atoms with Crippen molar-refractivity contribution in [2.45, 2.75) is 55.1 Å². The first-order valence-corrected chi connectivity index (χ1v) is 7.00. The van der Waals surface area contributed by atoms with Gasteiger partial charge < -0.3 is 55.4 Å². The number of rotatable bonds is 8. The van der Waals surface area contributed by atoms with Gasteiger partial charge in [0.1, 0.15) is 48.8 Å². The molecule has 9 atom stereocenters. The summed E-state index contributed by atoms with van der Waals surface area (Å²) in [6, 6.07) is 0. The Hall–Kier alpha value is -0.440. The Morgan fingerprint density at radius 2 is 1.39 bits per heavy atom. The van der Waals surface area contributed by atoms with E-state index in [1.807, 2.05) is 0 Å². The molecule has 1 aliphatic heterocycles. The van der Waals surface area contributed by atoms with Crippen LogP contribution in [0.3, 0.4) is 0 Å². The molecule has 0 aromatic heterocycles. The van der Waals surface area contributed by atoms with Gasteiger partial charge in [0.25, 0.3) is 0 Å². The highest BCUT2D eigenvalue weighted by molar-refractivity contribution is 4.91. The lowest BCUT2D eigenvalue weighted by atomic mass is 9.98. The molecule has 11 heteroatoms. The summed E-state index contributed by atoms with van der Waals surface area (Å²) in [7, 11) is 0. The molecule has 11 nitrogen and oxygen atoms in total. The van der Waals surface area contributed by atoms with Crippen molar-refractivity contribution < 1.29 is 55.4 Å². The highest BCUT2D eigenvalue weighted by Gasteiger charge is 2.46. The Kier molecular flexibility index (Phi) is 8.20. The van der Waals surface area contributed by atoms with Crippen LogP contribution in [0.5, 0.6) is 0 Å². The molecule has 9 N–H and O–H groups in total. The summed E-state index contributed by atoms with van der Waals surface area (Å²) in [5.74, 6) is 0. The van der Waals surface area contributed by atoms with Crippen LogP contribution in [0.4, 0.5) is 0 Å². The smallest absolute Gasteiger partial charge is 0.187 e. The second kappa shape index (κ2) is 9.15. The highest BCUT2D eigenvalue weighted by atomic mass is 16.7. The van der Waals surface area contributed by atoms with Crippen LogP contribution in [0.2, 0.25) is 0 Å². The van der Waals surface area contributed by atoms with Crippen LogP contribution in [0.1, 0.15) is 0 Å². The van der Waals surface area contributed by atoms with Crippen molar-refractivity contribution in [2.75, 3.05) is 19.8 Å². The summed E-state index contributed by atoms with van der Waals surface area (Å²) < 4.78 is 10.1. The quantitative estimate of drug-likeness (QED) is 0.203. The molecular weight excluding hydrogens is 320 g/mol. The molecular formula is C12H24O11. The molecule has 1 saturated heterocycles. The summed E-state index contributed by atoms with van der Waals surface area (Å²) in [5, 5.41) is 84.9. The van der Waals surface area contributed by atoms with E-state index in [0.29, 0.717) is 0 Å². The van der Waals surface area contributed by atoms with Gasteiger partial charge in [-0.1, -0.05) is 0 Å². The van der Waals surface area contributed by atoms with E-state index in [9.17, 15) is 30.6 Å². The zero-order valence-corrected chi connectivity index (χ0v) is 12.2. The highest BCUT2D eigenvalue weighted by Crippen LogP contribution is 2.24. The third-order valence-electron chi connectivity index (χ3n) is 3.62. The number of aliphatic hydroxyl groups is 9. The molecule has 1 aliphatic rings. The molecule has 0 aliphatic carbocycles. The fraction of sp³-hybridized carbons (Fsp3) is 1.00. The minimum absolute atomic E-state index is 0.708. The molecule has 0 amide bonds.